The monoisotopic (exact) mass is 1120 g/mol. The zero-order valence-corrected chi connectivity index (χ0v) is 52.9. The number of allylic oxidation sites excluding steroid dienone is 1. The van der Waals surface area contributed by atoms with Gasteiger partial charge in [-0.15, -0.1) is 0 Å². The number of esters is 5. The highest BCUT2D eigenvalue weighted by atomic mass is 28.3. The minimum Gasteiger partial charge on any atom is -0.464 e. The van der Waals surface area contributed by atoms with E-state index in [1.165, 1.54) is 13.0 Å². The summed E-state index contributed by atoms with van der Waals surface area (Å²) in [5, 5.41) is 13.7. The van der Waals surface area contributed by atoms with Crippen LogP contribution in [0.2, 0.25) is 103 Å². The Hall–Kier alpha value is -3.28. The van der Waals surface area contributed by atoms with Gasteiger partial charge in [-0.1, -0.05) is 156 Å². The van der Waals surface area contributed by atoms with Gasteiger partial charge in [-0.2, -0.15) is 0 Å². The van der Waals surface area contributed by atoms with E-state index in [4.69, 9.17) is 42.6 Å². The molecule has 1 aromatic rings. The topological polar surface area (TPSA) is 189 Å². The van der Waals surface area contributed by atoms with Gasteiger partial charge in [-0.05, 0) is 66.4 Å². The molecule has 1 N–H and O–H groups in total. The van der Waals surface area contributed by atoms with E-state index in [2.05, 4.69) is 99.0 Å². The Morgan fingerprint density at radius 3 is 1.83 bits per heavy atom. The molecule has 10 atom stereocenters. The van der Waals surface area contributed by atoms with Crippen LogP contribution >= 0.6 is 0 Å². The molecule has 2 fully saturated rings. The van der Waals surface area contributed by atoms with Crippen LogP contribution in [0.5, 0.6) is 0 Å². The van der Waals surface area contributed by atoms with Gasteiger partial charge >= 0.3 is 29.8 Å². The minimum atomic E-state index is -3.42. The summed E-state index contributed by atoms with van der Waals surface area (Å²) >= 11 is 0. The van der Waals surface area contributed by atoms with E-state index in [9.17, 15) is 14.7 Å². The summed E-state index contributed by atoms with van der Waals surface area (Å²) in [6, 6.07) is 11.9. The normalized spacial score (nSPS) is 24.7. The molecule has 426 valence electrons. The number of hydrogen-bond donors (Lipinski definition) is 1. The average molecular weight is 1120 g/mol. The van der Waals surface area contributed by atoms with Gasteiger partial charge in [0.25, 0.3) is 5.60 Å². The van der Waals surface area contributed by atoms with Crippen molar-refractivity contribution < 1.29 is 71.7 Å². The summed E-state index contributed by atoms with van der Waals surface area (Å²) in [5.74, 6) is -7.75. The Kier molecular flexibility index (Phi) is 24.7. The van der Waals surface area contributed by atoms with Crippen molar-refractivity contribution in [1.29, 1.82) is 0 Å². The third-order valence-electron chi connectivity index (χ3n) is 13.8. The molecule has 2 bridgehead atoms. The van der Waals surface area contributed by atoms with Crippen LogP contribution in [-0.2, 0) is 73.0 Å². The van der Waals surface area contributed by atoms with Gasteiger partial charge in [0.2, 0.25) is 17.5 Å². The predicted octanol–water partition coefficient (Wildman–Crippen LogP) is 10.6. The first kappa shape index (κ1) is 66.0. The number of aliphatic hydroxyl groups is 1. The van der Waals surface area contributed by atoms with Gasteiger partial charge < -0.3 is 47.7 Å². The second-order valence-corrected chi connectivity index (χ2v) is 48.5. The molecule has 2 unspecified atom stereocenters. The van der Waals surface area contributed by atoms with Crippen molar-refractivity contribution in [2.75, 3.05) is 33.2 Å². The van der Waals surface area contributed by atoms with Crippen LogP contribution in [-0.4, -0.2) is 142 Å². The average Bonchev–Trinajstić information content (AvgIpc) is 3.52. The lowest BCUT2D eigenvalue weighted by Crippen LogP contribution is -2.78. The van der Waals surface area contributed by atoms with Crippen LogP contribution in [0, 0.1) is 17.8 Å². The van der Waals surface area contributed by atoms with Crippen LogP contribution in [0.15, 0.2) is 54.6 Å². The van der Waals surface area contributed by atoms with Crippen molar-refractivity contribution in [1.82, 2.24) is 0 Å². The first-order valence-corrected chi connectivity index (χ1v) is 42.0. The molecule has 0 radical (unpaired) electrons. The Balaban J connectivity index is 2.46. The van der Waals surface area contributed by atoms with E-state index in [0.717, 1.165) is 24.4 Å². The molecule has 1 aromatic carbocycles. The molecule has 2 heterocycles. The predicted molar refractivity (Wildman–Crippen MR) is 303 cm³/mol. The SMILES string of the molecule is C=C(CC[C@]12O[C@H](C(=O)OCC[Si](C)(C)C)[C@@](O)(C(=O)OCC[Si](C)(C)C)[C@](C(=O)OCC[Si](C)(C)C)(O1)[C@H](OC(=O)/C=C/C(C)CC(C)CC)[C@H]2OCOCC[Si](C)(C)C)[C@@H](OC(C)=O)[C@H](C)Cc1ccccc1. The summed E-state index contributed by atoms with van der Waals surface area (Å²) in [6.07, 6.45) is -2.15. The van der Waals surface area contributed by atoms with Gasteiger partial charge in [0.05, 0.1) is 19.8 Å². The number of hydrogen-bond acceptors (Lipinski definition) is 15. The number of benzene rings is 1. The van der Waals surface area contributed by atoms with Gasteiger partial charge in [0, 0.05) is 64.2 Å². The molecule has 0 amide bonds. The van der Waals surface area contributed by atoms with E-state index >= 15 is 14.4 Å². The number of ether oxygens (including phenoxy) is 9. The molecule has 2 aliphatic rings. The highest BCUT2D eigenvalue weighted by molar-refractivity contribution is 6.77. The van der Waals surface area contributed by atoms with Crippen molar-refractivity contribution >= 4 is 62.1 Å². The van der Waals surface area contributed by atoms with E-state index in [-0.39, 0.29) is 44.5 Å². The fourth-order valence-electron chi connectivity index (χ4n) is 8.95. The standard InChI is InChI=1S/C56H96O15Si4/c1-19-40(2)37-41(3)25-26-46(58)69-49-48(67-39-63-29-33-72(7,8)9)54(28-27-42(4)47(68-44(6)57)43(5)38-45-23-21-20-22-24-45)70-50(51(59)64-30-34-73(10,11)12)55(62,52(60)65-31-35-74(13,14)15)56(49,71-54)53(61)66-32-36-75(16,17)18/h20-26,40-41,43,47-50,62H,4,19,27-39H2,1-3,5-18H3/b26-25+/t40?,41?,43-,47-,48-,49-,50-,54+,55-,56+/m1/s1. The zero-order chi connectivity index (χ0) is 56.8. The molecule has 0 aliphatic carbocycles. The lowest BCUT2D eigenvalue weighted by Gasteiger charge is -2.50. The summed E-state index contributed by atoms with van der Waals surface area (Å²) in [7, 11) is -7.30. The highest BCUT2D eigenvalue weighted by Crippen LogP contribution is 2.58. The molecule has 75 heavy (non-hydrogen) atoms. The van der Waals surface area contributed by atoms with Crippen molar-refractivity contribution in [3.8, 4) is 0 Å². The summed E-state index contributed by atoms with van der Waals surface area (Å²) in [6.45, 7) is 38.6. The maximum atomic E-state index is 15.7. The van der Waals surface area contributed by atoms with Crippen molar-refractivity contribution in [3.63, 3.8) is 0 Å². The second-order valence-electron chi connectivity index (χ2n) is 26.0. The molecule has 2 aliphatic heterocycles. The highest BCUT2D eigenvalue weighted by Gasteiger charge is 2.87. The Labute approximate surface area is 453 Å². The number of rotatable bonds is 32. The molecule has 0 spiro atoms. The summed E-state index contributed by atoms with van der Waals surface area (Å²) < 4.78 is 56.9. The van der Waals surface area contributed by atoms with Crippen LogP contribution < -0.4 is 0 Å². The summed E-state index contributed by atoms with van der Waals surface area (Å²) in [5.41, 5.74) is -5.08. The Bertz CT molecular complexity index is 2080. The number of fused-ring (bicyclic) bond motifs is 2. The van der Waals surface area contributed by atoms with Crippen LogP contribution in [0.3, 0.4) is 0 Å². The molecular formula is C56H96O15Si4. The van der Waals surface area contributed by atoms with E-state index in [1.807, 2.05) is 44.2 Å². The Morgan fingerprint density at radius 2 is 1.29 bits per heavy atom. The maximum absolute atomic E-state index is 15.7. The van der Waals surface area contributed by atoms with Crippen molar-refractivity contribution in [2.45, 2.75) is 211 Å². The molecular weight excluding hydrogens is 1020 g/mol. The minimum absolute atomic E-state index is 0.0572. The Morgan fingerprint density at radius 1 is 0.760 bits per heavy atom. The quantitative estimate of drug-likeness (QED) is 0.0136. The molecule has 0 saturated carbocycles. The first-order chi connectivity index (χ1) is 34.6. The zero-order valence-electron chi connectivity index (χ0n) is 48.9. The van der Waals surface area contributed by atoms with Crippen LogP contribution in [0.1, 0.15) is 65.9 Å². The fraction of sp³-hybridized carbons (Fsp3) is 0.732. The number of carbonyl (C=O) groups excluding carboxylic acids is 5. The van der Waals surface area contributed by atoms with Gasteiger partial charge in [-0.25, -0.2) is 19.2 Å². The van der Waals surface area contributed by atoms with E-state index in [1.54, 1.807) is 6.08 Å². The molecule has 0 aromatic heterocycles. The molecule has 3 rings (SSSR count). The maximum Gasteiger partial charge on any atom is 0.346 e. The van der Waals surface area contributed by atoms with Gasteiger partial charge in [0.15, 0.2) is 12.2 Å². The lowest BCUT2D eigenvalue weighted by atomic mass is 9.74. The van der Waals surface area contributed by atoms with E-state index < -0.39 is 110 Å². The lowest BCUT2D eigenvalue weighted by molar-refractivity contribution is -0.378. The van der Waals surface area contributed by atoms with E-state index in [0.29, 0.717) is 42.7 Å². The smallest absolute Gasteiger partial charge is 0.346 e. The molecule has 15 nitrogen and oxygen atoms in total. The van der Waals surface area contributed by atoms with Crippen molar-refractivity contribution in [2.24, 2.45) is 17.8 Å². The molecule has 19 heteroatoms. The largest absolute Gasteiger partial charge is 0.464 e. The third kappa shape index (κ3) is 19.8. The van der Waals surface area contributed by atoms with Crippen LogP contribution in [0.25, 0.3) is 0 Å². The van der Waals surface area contributed by atoms with Gasteiger partial charge in [-0.3, -0.25) is 4.79 Å². The first-order valence-electron chi connectivity index (χ1n) is 27.2. The van der Waals surface area contributed by atoms with Crippen LogP contribution in [0.4, 0.5) is 0 Å². The second kappa shape index (κ2) is 28.0. The summed E-state index contributed by atoms with van der Waals surface area (Å²) in [4.78, 5) is 73.2. The van der Waals surface area contributed by atoms with Gasteiger partial charge in [0.1, 0.15) is 12.9 Å². The fourth-order valence-corrected chi connectivity index (χ4v) is 11.8. The number of carbonyl (C=O) groups is 5. The molecule has 2 saturated heterocycles. The van der Waals surface area contributed by atoms with Crippen molar-refractivity contribution in [3.05, 3.63) is 60.2 Å². The third-order valence-corrected chi connectivity index (χ3v) is 20.6.